The van der Waals surface area contributed by atoms with E-state index in [1.807, 2.05) is 0 Å². The third-order valence-electron chi connectivity index (χ3n) is 4.82. The molecule has 1 aromatic rings. The minimum atomic E-state index is -0.902. The molecule has 0 N–H and O–H groups in total. The number of fused-ring (bicyclic) bond motifs is 1. The van der Waals surface area contributed by atoms with E-state index in [4.69, 9.17) is 14.2 Å². The number of esters is 1. The molecule has 0 radical (unpaired) electrons. The molecule has 2 aliphatic heterocycles. The Morgan fingerprint density at radius 3 is 2.48 bits per heavy atom. The molecule has 2 aliphatic rings. The largest absolute Gasteiger partial charge is 0.467 e. The van der Waals surface area contributed by atoms with Crippen molar-refractivity contribution < 1.29 is 33.0 Å². The number of benzene rings is 1. The van der Waals surface area contributed by atoms with Gasteiger partial charge in [0.1, 0.15) is 23.6 Å². The van der Waals surface area contributed by atoms with Crippen LogP contribution in [-0.2, 0) is 32.1 Å². The Labute approximate surface area is 168 Å². The van der Waals surface area contributed by atoms with Gasteiger partial charge in [-0.2, -0.15) is 0 Å². The molecule has 1 saturated heterocycles. The molecule has 0 aliphatic carbocycles. The maximum absolute atomic E-state index is 13.9. The fourth-order valence-corrected chi connectivity index (χ4v) is 3.49. The van der Waals surface area contributed by atoms with Crippen molar-refractivity contribution >= 4 is 18.2 Å². The van der Waals surface area contributed by atoms with E-state index in [0.717, 1.165) is 5.56 Å². The van der Waals surface area contributed by atoms with Gasteiger partial charge in [0.25, 0.3) is 0 Å². The van der Waals surface area contributed by atoms with Gasteiger partial charge in [-0.3, -0.25) is 9.80 Å². The summed E-state index contributed by atoms with van der Waals surface area (Å²) in [4.78, 5) is 39.7. The van der Waals surface area contributed by atoms with Gasteiger partial charge >= 0.3 is 18.2 Å². The molecule has 158 valence electrons. The highest BCUT2D eigenvalue weighted by Gasteiger charge is 2.44. The molecule has 0 aromatic heterocycles. The number of ether oxygens (including phenoxy) is 3. The third-order valence-corrected chi connectivity index (χ3v) is 4.82. The number of nitrogens with zero attached hydrogens (tertiary/aromatic N) is 2. The lowest BCUT2D eigenvalue weighted by molar-refractivity contribution is -0.145. The summed E-state index contributed by atoms with van der Waals surface area (Å²) in [5.41, 5.74) is 0.465. The number of halogens is 1. The number of amides is 2. The highest BCUT2D eigenvalue weighted by Crippen LogP contribution is 2.28. The molecule has 1 unspecified atom stereocenters. The molecule has 8 nitrogen and oxygen atoms in total. The van der Waals surface area contributed by atoms with Crippen LogP contribution in [0.4, 0.5) is 14.0 Å². The van der Waals surface area contributed by atoms with E-state index in [1.54, 1.807) is 32.9 Å². The smallest absolute Gasteiger partial charge is 0.411 e. The molecule has 9 heteroatoms. The molecule has 0 spiro atoms. The summed E-state index contributed by atoms with van der Waals surface area (Å²) in [6, 6.07) is 3.81. The van der Waals surface area contributed by atoms with E-state index in [9.17, 15) is 18.8 Å². The van der Waals surface area contributed by atoms with Crippen molar-refractivity contribution in [2.45, 2.75) is 58.0 Å². The summed E-state index contributed by atoms with van der Waals surface area (Å²) in [5, 5.41) is 0. The second kappa shape index (κ2) is 7.88. The van der Waals surface area contributed by atoms with Crippen LogP contribution in [0.25, 0.3) is 0 Å². The topological polar surface area (TPSA) is 85.4 Å². The fraction of sp³-hybridized carbons (Fsp3) is 0.550. The third kappa shape index (κ3) is 4.60. The van der Waals surface area contributed by atoms with Gasteiger partial charge in [0, 0.05) is 18.5 Å². The Hall–Kier alpha value is -2.84. The lowest BCUT2D eigenvalue weighted by atomic mass is 10.1. The summed E-state index contributed by atoms with van der Waals surface area (Å²) < 4.78 is 29.5. The first-order valence-electron chi connectivity index (χ1n) is 9.38. The Morgan fingerprint density at radius 2 is 1.86 bits per heavy atom. The van der Waals surface area contributed by atoms with Gasteiger partial charge in [-0.1, -0.05) is 12.1 Å². The molecule has 0 saturated carbocycles. The first kappa shape index (κ1) is 20.9. The highest BCUT2D eigenvalue weighted by molar-refractivity contribution is 5.82. The minimum absolute atomic E-state index is 0.00949. The average Bonchev–Trinajstić information content (AvgIpc) is 3.25. The number of carbonyl (C=O) groups is 3. The average molecular weight is 408 g/mol. The number of hydrogen-bond donors (Lipinski definition) is 0. The quantitative estimate of drug-likeness (QED) is 0.553. The fourth-order valence-electron chi connectivity index (χ4n) is 3.49. The molecule has 2 heterocycles. The van der Waals surface area contributed by atoms with Crippen molar-refractivity contribution in [2.24, 2.45) is 0 Å². The van der Waals surface area contributed by atoms with Crippen molar-refractivity contribution in [1.29, 1.82) is 0 Å². The number of carbonyl (C=O) groups excluding carboxylic acids is 3. The number of rotatable bonds is 2. The zero-order chi connectivity index (χ0) is 21.3. The summed E-state index contributed by atoms with van der Waals surface area (Å²) in [7, 11) is 1.23. The zero-order valence-corrected chi connectivity index (χ0v) is 16.9. The summed E-state index contributed by atoms with van der Waals surface area (Å²) in [6.07, 6.45) is -1.90. The van der Waals surface area contributed by atoms with Crippen molar-refractivity contribution in [3.63, 3.8) is 0 Å². The lowest BCUT2D eigenvalue weighted by Crippen LogP contribution is -2.44. The highest BCUT2D eigenvalue weighted by atomic mass is 19.1. The monoisotopic (exact) mass is 408 g/mol. The lowest BCUT2D eigenvalue weighted by Gasteiger charge is -2.27. The molecular formula is C20H25FN2O6. The van der Waals surface area contributed by atoms with Gasteiger partial charge in [0.05, 0.1) is 20.2 Å². The van der Waals surface area contributed by atoms with Gasteiger partial charge in [0.15, 0.2) is 0 Å². The molecule has 29 heavy (non-hydrogen) atoms. The van der Waals surface area contributed by atoms with Gasteiger partial charge in [-0.05, 0) is 32.4 Å². The Kier molecular flexibility index (Phi) is 5.68. The van der Waals surface area contributed by atoms with Crippen molar-refractivity contribution in [1.82, 2.24) is 9.80 Å². The van der Waals surface area contributed by atoms with Crippen LogP contribution in [0.5, 0.6) is 0 Å². The zero-order valence-electron chi connectivity index (χ0n) is 16.9. The normalized spacial score (nSPS) is 21.0. The summed E-state index contributed by atoms with van der Waals surface area (Å²) in [5.74, 6) is -0.967. The van der Waals surface area contributed by atoms with Gasteiger partial charge in [0.2, 0.25) is 0 Å². The standard InChI is InChI=1S/C20H25FN2O6/c1-20(2,3)29-19(26)23-10-13(8-16(23)17(24)27-4)28-18(25)22-9-12-6-5-7-15(21)14(12)11-22/h5-7,13,16H,8-11H2,1-4H3/t13?,16-/m0/s1. The van der Waals surface area contributed by atoms with Crippen LogP contribution >= 0.6 is 0 Å². The first-order chi connectivity index (χ1) is 13.6. The molecule has 1 aromatic carbocycles. The molecule has 2 amide bonds. The minimum Gasteiger partial charge on any atom is -0.467 e. The molecular weight excluding hydrogens is 383 g/mol. The SMILES string of the molecule is COC(=O)[C@@H]1CC(OC(=O)N2Cc3cccc(F)c3C2)CN1C(=O)OC(C)(C)C. The van der Waals surface area contributed by atoms with Crippen LogP contribution in [0.2, 0.25) is 0 Å². The second-order valence-electron chi connectivity index (χ2n) is 8.15. The van der Waals surface area contributed by atoms with Gasteiger partial charge in [-0.15, -0.1) is 0 Å². The Balaban J connectivity index is 1.65. The molecule has 3 rings (SSSR count). The van der Waals surface area contributed by atoms with Crippen LogP contribution in [0.15, 0.2) is 18.2 Å². The van der Waals surface area contributed by atoms with E-state index in [0.29, 0.717) is 5.56 Å². The van der Waals surface area contributed by atoms with Crippen molar-refractivity contribution in [3.8, 4) is 0 Å². The number of hydrogen-bond acceptors (Lipinski definition) is 6. The number of methoxy groups -OCH3 is 1. The summed E-state index contributed by atoms with van der Waals surface area (Å²) in [6.45, 7) is 5.52. The maximum atomic E-state index is 13.9. The van der Waals surface area contributed by atoms with E-state index in [-0.39, 0.29) is 31.9 Å². The van der Waals surface area contributed by atoms with E-state index >= 15 is 0 Å². The van der Waals surface area contributed by atoms with E-state index in [1.165, 1.54) is 23.0 Å². The number of likely N-dealkylation sites (tertiary alicyclic amines) is 1. The van der Waals surface area contributed by atoms with Gasteiger partial charge in [-0.25, -0.2) is 18.8 Å². The van der Waals surface area contributed by atoms with Crippen LogP contribution in [-0.4, -0.2) is 59.4 Å². The molecule has 1 fully saturated rings. The summed E-state index contributed by atoms with van der Waals surface area (Å²) >= 11 is 0. The van der Waals surface area contributed by atoms with Crippen molar-refractivity contribution in [2.75, 3.05) is 13.7 Å². The van der Waals surface area contributed by atoms with E-state index in [2.05, 4.69) is 0 Å². The maximum Gasteiger partial charge on any atom is 0.411 e. The molecule has 0 bridgehead atoms. The van der Waals surface area contributed by atoms with Crippen LogP contribution in [0.3, 0.4) is 0 Å². The Bertz CT molecular complexity index is 822. The second-order valence-corrected chi connectivity index (χ2v) is 8.15. The predicted octanol–water partition coefficient (Wildman–Crippen LogP) is 2.83. The van der Waals surface area contributed by atoms with Crippen LogP contribution in [0.1, 0.15) is 38.3 Å². The van der Waals surface area contributed by atoms with Crippen LogP contribution in [0, 0.1) is 5.82 Å². The van der Waals surface area contributed by atoms with Crippen LogP contribution < -0.4 is 0 Å². The Morgan fingerprint density at radius 1 is 1.14 bits per heavy atom. The predicted molar refractivity (Wildman–Crippen MR) is 99.3 cm³/mol. The van der Waals surface area contributed by atoms with E-state index < -0.39 is 35.9 Å². The van der Waals surface area contributed by atoms with Gasteiger partial charge < -0.3 is 14.2 Å². The molecule has 2 atom stereocenters. The first-order valence-corrected chi connectivity index (χ1v) is 9.38. The van der Waals surface area contributed by atoms with Crippen molar-refractivity contribution in [3.05, 3.63) is 35.1 Å².